The number of nitrogens with one attached hydrogen (secondary N) is 1. The largest absolute Gasteiger partial charge is 0.350 e. The number of piperidine rings is 1. The van der Waals surface area contributed by atoms with Crippen molar-refractivity contribution in [3.63, 3.8) is 0 Å². The summed E-state index contributed by atoms with van der Waals surface area (Å²) in [6.07, 6.45) is 3.69. The van der Waals surface area contributed by atoms with Gasteiger partial charge in [-0.05, 0) is 45.2 Å². The predicted octanol–water partition coefficient (Wildman–Crippen LogP) is 2.38. The van der Waals surface area contributed by atoms with Crippen LogP contribution in [0.15, 0.2) is 29.2 Å². The Morgan fingerprint density at radius 3 is 2.45 bits per heavy atom. The van der Waals surface area contributed by atoms with Gasteiger partial charge in [0.2, 0.25) is 15.9 Å². The number of hydrogen-bond donors (Lipinski definition) is 1. The van der Waals surface area contributed by atoms with Gasteiger partial charge in [0.15, 0.2) is 0 Å². The zero-order valence-corrected chi connectivity index (χ0v) is 18.5. The second-order valence-corrected chi connectivity index (χ2v) is 11.1. The Labute approximate surface area is 174 Å². The van der Waals surface area contributed by atoms with Crippen molar-refractivity contribution in [1.29, 1.82) is 0 Å². The highest BCUT2D eigenvalue weighted by Gasteiger charge is 2.58. The second kappa shape index (κ2) is 7.67. The van der Waals surface area contributed by atoms with Gasteiger partial charge >= 0.3 is 0 Å². The molecule has 29 heavy (non-hydrogen) atoms. The summed E-state index contributed by atoms with van der Waals surface area (Å²) < 4.78 is 27.7. The summed E-state index contributed by atoms with van der Waals surface area (Å²) in [6, 6.07) is 7.55. The van der Waals surface area contributed by atoms with E-state index < -0.39 is 10.0 Å². The number of carbonyl (C=O) groups excluding carboxylic acids is 1. The molecule has 7 heteroatoms. The maximum atomic E-state index is 13.0. The van der Waals surface area contributed by atoms with Gasteiger partial charge in [-0.15, -0.1) is 0 Å². The molecule has 0 radical (unpaired) electrons. The van der Waals surface area contributed by atoms with E-state index in [4.69, 9.17) is 0 Å². The van der Waals surface area contributed by atoms with Gasteiger partial charge in [0, 0.05) is 43.7 Å². The van der Waals surface area contributed by atoms with E-state index in [1.54, 1.807) is 16.4 Å². The molecule has 1 aromatic rings. The van der Waals surface area contributed by atoms with E-state index in [9.17, 15) is 13.2 Å². The van der Waals surface area contributed by atoms with Crippen LogP contribution >= 0.6 is 0 Å². The van der Waals surface area contributed by atoms with Crippen molar-refractivity contribution in [2.45, 2.75) is 62.9 Å². The SMILES string of the molecule is CCCC(C)N1C[C@H]2C(=O)NC3(CCN(S(=O)(=O)c4ccc(C)cc4)CC3)[C@H]2C1. The van der Waals surface area contributed by atoms with Crippen LogP contribution in [0.1, 0.15) is 45.1 Å². The summed E-state index contributed by atoms with van der Waals surface area (Å²) in [4.78, 5) is 15.5. The Morgan fingerprint density at radius 1 is 1.17 bits per heavy atom. The fourth-order valence-corrected chi connectivity index (χ4v) is 6.97. The van der Waals surface area contributed by atoms with Crippen LogP contribution in [0.2, 0.25) is 0 Å². The molecule has 3 aliphatic heterocycles. The number of carbonyl (C=O) groups is 1. The maximum absolute atomic E-state index is 13.0. The van der Waals surface area contributed by atoms with Crippen molar-refractivity contribution < 1.29 is 13.2 Å². The first-order chi connectivity index (χ1) is 13.8. The molecule has 3 aliphatic rings. The standard InChI is InChI=1S/C22H33N3O3S/c1-4-5-17(3)24-14-19-20(15-24)22(23-21(19)26)10-12-25(13-11-22)29(27,28)18-8-6-16(2)7-9-18/h6-9,17,19-20H,4-5,10-15H2,1-3H3,(H,23,26)/t17?,19-,20+/m1/s1. The van der Waals surface area contributed by atoms with E-state index >= 15 is 0 Å². The lowest BCUT2D eigenvalue weighted by Crippen LogP contribution is -2.56. The van der Waals surface area contributed by atoms with E-state index in [0.717, 1.165) is 31.5 Å². The highest BCUT2D eigenvalue weighted by molar-refractivity contribution is 7.89. The Morgan fingerprint density at radius 2 is 1.83 bits per heavy atom. The van der Waals surface area contributed by atoms with Crippen LogP contribution in [0.5, 0.6) is 0 Å². The van der Waals surface area contributed by atoms with Gasteiger partial charge < -0.3 is 5.32 Å². The van der Waals surface area contributed by atoms with E-state index in [1.165, 1.54) is 0 Å². The quantitative estimate of drug-likeness (QED) is 0.796. The van der Waals surface area contributed by atoms with Crippen LogP contribution in [0.4, 0.5) is 0 Å². The number of rotatable bonds is 5. The highest BCUT2D eigenvalue weighted by atomic mass is 32.2. The molecule has 6 nitrogen and oxygen atoms in total. The van der Waals surface area contributed by atoms with Crippen molar-refractivity contribution in [1.82, 2.24) is 14.5 Å². The lowest BCUT2D eigenvalue weighted by atomic mass is 9.76. The van der Waals surface area contributed by atoms with Gasteiger partial charge in [-0.3, -0.25) is 9.69 Å². The zero-order valence-electron chi connectivity index (χ0n) is 17.7. The summed E-state index contributed by atoms with van der Waals surface area (Å²) in [6.45, 7) is 9.11. The molecular weight excluding hydrogens is 386 g/mol. The fourth-order valence-electron chi connectivity index (χ4n) is 5.53. The average molecular weight is 420 g/mol. The Balaban J connectivity index is 1.47. The molecule has 160 valence electrons. The Bertz CT molecular complexity index is 860. The minimum atomic E-state index is -3.48. The molecule has 0 aliphatic carbocycles. The van der Waals surface area contributed by atoms with Crippen LogP contribution in [-0.4, -0.2) is 61.3 Å². The molecule has 1 aromatic carbocycles. The van der Waals surface area contributed by atoms with Crippen molar-refractivity contribution in [2.75, 3.05) is 26.2 Å². The molecule has 0 bridgehead atoms. The molecule has 1 N–H and O–H groups in total. The number of amides is 1. The third-order valence-corrected chi connectivity index (χ3v) is 9.28. The van der Waals surface area contributed by atoms with E-state index in [0.29, 0.717) is 42.8 Å². The summed E-state index contributed by atoms with van der Waals surface area (Å²) in [7, 11) is -3.48. The first-order valence-corrected chi connectivity index (χ1v) is 12.3. The summed E-state index contributed by atoms with van der Waals surface area (Å²) >= 11 is 0. The minimum absolute atomic E-state index is 0.0505. The van der Waals surface area contributed by atoms with Crippen LogP contribution in [0.3, 0.4) is 0 Å². The number of sulfonamides is 1. The van der Waals surface area contributed by atoms with Gasteiger partial charge in [0.05, 0.1) is 10.8 Å². The molecule has 3 heterocycles. The summed E-state index contributed by atoms with van der Waals surface area (Å²) in [5.41, 5.74) is 0.797. The number of hydrogen-bond acceptors (Lipinski definition) is 4. The van der Waals surface area contributed by atoms with Crippen molar-refractivity contribution in [3.8, 4) is 0 Å². The highest BCUT2D eigenvalue weighted by Crippen LogP contribution is 2.45. The van der Waals surface area contributed by atoms with Crippen molar-refractivity contribution >= 4 is 15.9 Å². The molecule has 0 aromatic heterocycles. The monoisotopic (exact) mass is 419 g/mol. The van der Waals surface area contributed by atoms with E-state index in [2.05, 4.69) is 24.1 Å². The van der Waals surface area contributed by atoms with Gasteiger partial charge in [-0.1, -0.05) is 31.0 Å². The second-order valence-electron chi connectivity index (χ2n) is 9.17. The lowest BCUT2D eigenvalue weighted by Gasteiger charge is -2.42. The van der Waals surface area contributed by atoms with Crippen molar-refractivity contribution in [3.05, 3.63) is 29.8 Å². The van der Waals surface area contributed by atoms with Crippen LogP contribution in [-0.2, 0) is 14.8 Å². The van der Waals surface area contributed by atoms with Gasteiger partial charge in [0.1, 0.15) is 0 Å². The normalized spacial score (nSPS) is 28.4. The van der Waals surface area contributed by atoms with Crippen molar-refractivity contribution in [2.24, 2.45) is 11.8 Å². The third-order valence-electron chi connectivity index (χ3n) is 7.37. The zero-order chi connectivity index (χ0) is 20.8. The Hall–Kier alpha value is -1.44. The first kappa shape index (κ1) is 20.8. The topological polar surface area (TPSA) is 69.7 Å². The van der Waals surface area contributed by atoms with E-state index in [-0.39, 0.29) is 17.4 Å². The maximum Gasteiger partial charge on any atom is 0.243 e. The summed E-state index contributed by atoms with van der Waals surface area (Å²) in [5.74, 6) is 0.504. The molecular formula is C22H33N3O3S. The first-order valence-electron chi connectivity index (χ1n) is 10.9. The van der Waals surface area contributed by atoms with Crippen LogP contribution < -0.4 is 5.32 Å². The van der Waals surface area contributed by atoms with E-state index in [1.807, 2.05) is 19.1 Å². The molecule has 1 amide bonds. The smallest absolute Gasteiger partial charge is 0.243 e. The number of nitrogens with zero attached hydrogens (tertiary/aromatic N) is 2. The third kappa shape index (κ3) is 3.62. The molecule has 1 unspecified atom stereocenters. The number of likely N-dealkylation sites (tertiary alicyclic amines) is 1. The molecule has 3 atom stereocenters. The number of fused-ring (bicyclic) bond motifs is 2. The molecule has 3 saturated heterocycles. The minimum Gasteiger partial charge on any atom is -0.350 e. The number of benzene rings is 1. The lowest BCUT2D eigenvalue weighted by molar-refractivity contribution is -0.123. The van der Waals surface area contributed by atoms with Crippen LogP contribution in [0.25, 0.3) is 0 Å². The van der Waals surface area contributed by atoms with Gasteiger partial charge in [-0.2, -0.15) is 4.31 Å². The molecule has 0 saturated carbocycles. The molecule has 4 rings (SSSR count). The predicted molar refractivity (Wildman–Crippen MR) is 113 cm³/mol. The van der Waals surface area contributed by atoms with Gasteiger partial charge in [0.25, 0.3) is 0 Å². The fraction of sp³-hybridized carbons (Fsp3) is 0.682. The molecule has 3 fully saturated rings. The molecule has 1 spiro atoms. The summed E-state index contributed by atoms with van der Waals surface area (Å²) in [5, 5.41) is 3.29. The average Bonchev–Trinajstić information content (AvgIpc) is 3.24. The van der Waals surface area contributed by atoms with Gasteiger partial charge in [-0.25, -0.2) is 8.42 Å². The Kier molecular flexibility index (Phi) is 5.51. The van der Waals surface area contributed by atoms with Crippen LogP contribution in [0, 0.1) is 18.8 Å². The number of aryl methyl sites for hydroxylation is 1.